The molecule has 18 heavy (non-hydrogen) atoms. The van der Waals surface area contributed by atoms with E-state index >= 15 is 0 Å². The molecule has 2 aromatic rings. The summed E-state index contributed by atoms with van der Waals surface area (Å²) in [5.41, 5.74) is 1.16. The number of aromatic carboxylic acids is 1. The molecule has 0 radical (unpaired) electrons. The van der Waals surface area contributed by atoms with Crippen LogP contribution in [0.15, 0.2) is 36.7 Å². The SMILES string of the molecule is Cn1cc(C(=O)Nc2ccc(C(=O)O)cc2)cn1. The van der Waals surface area contributed by atoms with Crippen molar-refractivity contribution in [2.45, 2.75) is 0 Å². The van der Waals surface area contributed by atoms with Crippen molar-refractivity contribution < 1.29 is 14.7 Å². The molecule has 1 aromatic heterocycles. The molecule has 0 aliphatic carbocycles. The Kier molecular flexibility index (Phi) is 3.09. The van der Waals surface area contributed by atoms with Gasteiger partial charge in [-0.05, 0) is 24.3 Å². The number of nitrogens with one attached hydrogen (secondary N) is 1. The van der Waals surface area contributed by atoms with Gasteiger partial charge in [-0.3, -0.25) is 9.48 Å². The highest BCUT2D eigenvalue weighted by Crippen LogP contribution is 2.11. The summed E-state index contributed by atoms with van der Waals surface area (Å²) in [7, 11) is 1.72. The highest BCUT2D eigenvalue weighted by atomic mass is 16.4. The van der Waals surface area contributed by atoms with Crippen LogP contribution in [-0.4, -0.2) is 26.8 Å². The Morgan fingerprint density at radius 1 is 1.22 bits per heavy atom. The van der Waals surface area contributed by atoms with Crippen molar-refractivity contribution >= 4 is 17.6 Å². The van der Waals surface area contributed by atoms with E-state index in [9.17, 15) is 9.59 Å². The number of carboxylic acids is 1. The van der Waals surface area contributed by atoms with Crippen molar-refractivity contribution in [2.24, 2.45) is 7.05 Å². The first kappa shape index (κ1) is 11.8. The minimum Gasteiger partial charge on any atom is -0.478 e. The second-order valence-electron chi connectivity index (χ2n) is 3.74. The first-order valence-electron chi connectivity index (χ1n) is 5.19. The summed E-state index contributed by atoms with van der Waals surface area (Å²) in [5.74, 6) is -1.29. The second kappa shape index (κ2) is 4.70. The molecule has 92 valence electrons. The van der Waals surface area contributed by atoms with E-state index in [0.29, 0.717) is 11.3 Å². The summed E-state index contributed by atoms with van der Waals surface area (Å²) >= 11 is 0. The van der Waals surface area contributed by atoms with Crippen molar-refractivity contribution in [2.75, 3.05) is 5.32 Å². The van der Waals surface area contributed by atoms with Gasteiger partial charge in [0.2, 0.25) is 0 Å². The molecular formula is C12H11N3O3. The number of aryl methyl sites for hydroxylation is 1. The molecule has 0 saturated carbocycles. The molecule has 0 spiro atoms. The van der Waals surface area contributed by atoms with Crippen LogP contribution in [0.3, 0.4) is 0 Å². The van der Waals surface area contributed by atoms with E-state index in [-0.39, 0.29) is 11.5 Å². The molecular weight excluding hydrogens is 234 g/mol. The molecule has 1 aromatic carbocycles. The molecule has 0 unspecified atom stereocenters. The number of benzene rings is 1. The topological polar surface area (TPSA) is 84.2 Å². The van der Waals surface area contributed by atoms with Crippen LogP contribution in [0.2, 0.25) is 0 Å². The summed E-state index contributed by atoms with van der Waals surface area (Å²) in [6, 6.07) is 5.94. The zero-order valence-corrected chi connectivity index (χ0v) is 9.62. The average molecular weight is 245 g/mol. The average Bonchev–Trinajstić information content (AvgIpc) is 2.76. The van der Waals surface area contributed by atoms with Crippen molar-refractivity contribution in [3.8, 4) is 0 Å². The van der Waals surface area contributed by atoms with Gasteiger partial charge in [0.05, 0.1) is 17.3 Å². The number of hydrogen-bond donors (Lipinski definition) is 2. The fraction of sp³-hybridized carbons (Fsp3) is 0.0833. The monoisotopic (exact) mass is 245 g/mol. The molecule has 0 saturated heterocycles. The predicted molar refractivity (Wildman–Crippen MR) is 64.6 cm³/mol. The van der Waals surface area contributed by atoms with Crippen molar-refractivity contribution in [1.29, 1.82) is 0 Å². The number of hydrogen-bond acceptors (Lipinski definition) is 3. The summed E-state index contributed by atoms with van der Waals surface area (Å²) < 4.78 is 1.53. The predicted octanol–water partition coefficient (Wildman–Crippen LogP) is 1.37. The van der Waals surface area contributed by atoms with Crippen LogP contribution in [0.25, 0.3) is 0 Å². The number of carbonyl (C=O) groups is 2. The van der Waals surface area contributed by atoms with E-state index in [2.05, 4.69) is 10.4 Å². The van der Waals surface area contributed by atoms with Gasteiger partial charge in [0.25, 0.3) is 5.91 Å². The first-order valence-corrected chi connectivity index (χ1v) is 5.19. The Morgan fingerprint density at radius 2 is 1.89 bits per heavy atom. The summed E-state index contributed by atoms with van der Waals surface area (Å²) in [6.45, 7) is 0. The smallest absolute Gasteiger partial charge is 0.335 e. The fourth-order valence-electron chi connectivity index (χ4n) is 1.44. The first-order chi connectivity index (χ1) is 8.56. The highest BCUT2D eigenvalue weighted by Gasteiger charge is 2.08. The molecule has 1 heterocycles. The third-order valence-electron chi connectivity index (χ3n) is 2.36. The Labute approximate surface area is 103 Å². The van der Waals surface area contributed by atoms with Crippen LogP contribution in [-0.2, 0) is 7.05 Å². The maximum atomic E-state index is 11.8. The third kappa shape index (κ3) is 2.54. The number of carbonyl (C=O) groups excluding carboxylic acids is 1. The number of carboxylic acid groups (broad SMARTS) is 1. The number of aromatic nitrogens is 2. The molecule has 2 rings (SSSR count). The molecule has 0 fully saturated rings. The van der Waals surface area contributed by atoms with E-state index < -0.39 is 5.97 Å². The molecule has 0 aliphatic heterocycles. The lowest BCUT2D eigenvalue weighted by atomic mass is 10.2. The number of rotatable bonds is 3. The maximum absolute atomic E-state index is 11.8. The van der Waals surface area contributed by atoms with Gasteiger partial charge >= 0.3 is 5.97 Å². The molecule has 2 N–H and O–H groups in total. The van der Waals surface area contributed by atoms with Crippen molar-refractivity contribution in [3.05, 3.63) is 47.8 Å². The lowest BCUT2D eigenvalue weighted by molar-refractivity contribution is 0.0696. The van der Waals surface area contributed by atoms with Gasteiger partial charge in [-0.25, -0.2) is 4.79 Å². The van der Waals surface area contributed by atoms with Crippen LogP contribution in [0.4, 0.5) is 5.69 Å². The van der Waals surface area contributed by atoms with Gasteiger partial charge in [0.1, 0.15) is 0 Å². The zero-order chi connectivity index (χ0) is 13.1. The maximum Gasteiger partial charge on any atom is 0.335 e. The van der Waals surface area contributed by atoms with Crippen LogP contribution < -0.4 is 5.32 Å². The lowest BCUT2D eigenvalue weighted by Gasteiger charge is -2.03. The Morgan fingerprint density at radius 3 is 2.39 bits per heavy atom. The molecule has 0 bridgehead atoms. The van der Waals surface area contributed by atoms with Gasteiger partial charge in [-0.15, -0.1) is 0 Å². The van der Waals surface area contributed by atoms with Crippen LogP contribution in [0, 0.1) is 0 Å². The molecule has 0 atom stereocenters. The minimum atomic E-state index is -1.000. The molecule has 0 aliphatic rings. The number of anilines is 1. The highest BCUT2D eigenvalue weighted by molar-refractivity contribution is 6.04. The minimum absolute atomic E-state index is 0.175. The fourth-order valence-corrected chi connectivity index (χ4v) is 1.44. The lowest BCUT2D eigenvalue weighted by Crippen LogP contribution is -2.11. The van der Waals surface area contributed by atoms with Crippen LogP contribution in [0.1, 0.15) is 20.7 Å². The van der Waals surface area contributed by atoms with Crippen LogP contribution >= 0.6 is 0 Å². The quantitative estimate of drug-likeness (QED) is 0.855. The van der Waals surface area contributed by atoms with E-state index in [4.69, 9.17) is 5.11 Å². The standard InChI is InChI=1S/C12H11N3O3/c1-15-7-9(6-13-15)11(16)14-10-4-2-8(3-5-10)12(17)18/h2-7H,1H3,(H,14,16)(H,17,18). The number of amides is 1. The van der Waals surface area contributed by atoms with Gasteiger partial charge in [-0.2, -0.15) is 5.10 Å². The Balaban J connectivity index is 2.10. The Hall–Kier alpha value is -2.63. The third-order valence-corrected chi connectivity index (χ3v) is 2.36. The van der Waals surface area contributed by atoms with E-state index in [1.54, 1.807) is 13.2 Å². The number of nitrogens with zero attached hydrogens (tertiary/aromatic N) is 2. The van der Waals surface area contributed by atoms with Crippen molar-refractivity contribution in [3.63, 3.8) is 0 Å². The van der Waals surface area contributed by atoms with Gasteiger partial charge in [0.15, 0.2) is 0 Å². The van der Waals surface area contributed by atoms with E-state index in [1.165, 1.54) is 35.1 Å². The van der Waals surface area contributed by atoms with Crippen molar-refractivity contribution in [1.82, 2.24) is 9.78 Å². The summed E-state index contributed by atoms with van der Waals surface area (Å²) in [5, 5.41) is 15.3. The zero-order valence-electron chi connectivity index (χ0n) is 9.62. The van der Waals surface area contributed by atoms with Gasteiger partial charge in [-0.1, -0.05) is 0 Å². The second-order valence-corrected chi connectivity index (χ2v) is 3.74. The normalized spacial score (nSPS) is 10.1. The Bertz CT molecular complexity index is 587. The molecule has 6 heteroatoms. The van der Waals surface area contributed by atoms with Gasteiger partial charge in [0, 0.05) is 18.9 Å². The molecule has 1 amide bonds. The largest absolute Gasteiger partial charge is 0.478 e. The summed E-state index contributed by atoms with van der Waals surface area (Å²) in [4.78, 5) is 22.4. The van der Waals surface area contributed by atoms with E-state index in [1.807, 2.05) is 0 Å². The summed E-state index contributed by atoms with van der Waals surface area (Å²) in [6.07, 6.45) is 3.06. The van der Waals surface area contributed by atoms with E-state index in [0.717, 1.165) is 0 Å². The van der Waals surface area contributed by atoms with Crippen LogP contribution in [0.5, 0.6) is 0 Å². The molecule has 6 nitrogen and oxygen atoms in total. The van der Waals surface area contributed by atoms with Gasteiger partial charge < -0.3 is 10.4 Å².